The van der Waals surface area contributed by atoms with Gasteiger partial charge in [-0.05, 0) is 25.5 Å². The number of hydrogen-bond acceptors (Lipinski definition) is 5. The molecule has 0 saturated heterocycles. The zero-order chi connectivity index (χ0) is 19.2. The molecule has 1 aromatic carbocycles. The number of rotatable bonds is 4. The van der Waals surface area contributed by atoms with Crippen LogP contribution >= 0.6 is 11.3 Å². The van der Waals surface area contributed by atoms with Crippen LogP contribution in [0.15, 0.2) is 32.6 Å². The summed E-state index contributed by atoms with van der Waals surface area (Å²) in [6.45, 7) is 3.50. The molecule has 2 heterocycles. The smallest absolute Gasteiger partial charge is 0.335 e. The first kappa shape index (κ1) is 18.3. The van der Waals surface area contributed by atoms with Gasteiger partial charge in [0.25, 0.3) is 5.56 Å². The first-order valence-corrected chi connectivity index (χ1v) is 8.81. The Bertz CT molecular complexity index is 1170. The van der Waals surface area contributed by atoms with Crippen molar-refractivity contribution in [3.63, 3.8) is 0 Å². The van der Waals surface area contributed by atoms with Gasteiger partial charge < -0.3 is 9.30 Å². The summed E-state index contributed by atoms with van der Waals surface area (Å²) in [6.07, 6.45) is -0.0738. The van der Waals surface area contributed by atoms with Crippen molar-refractivity contribution < 1.29 is 9.13 Å². The van der Waals surface area contributed by atoms with Gasteiger partial charge in [-0.2, -0.15) is 0 Å². The van der Waals surface area contributed by atoms with Crippen LogP contribution in [-0.2, 0) is 18.2 Å². The Morgan fingerprint density at radius 2 is 1.92 bits per heavy atom. The Morgan fingerprint density at radius 3 is 2.54 bits per heavy atom. The molecule has 0 spiro atoms. The highest BCUT2D eigenvalue weighted by Crippen LogP contribution is 2.25. The molecule has 9 heteroatoms. The molecule has 0 aliphatic rings. The van der Waals surface area contributed by atoms with Crippen LogP contribution in [0.4, 0.5) is 4.39 Å². The summed E-state index contributed by atoms with van der Waals surface area (Å²) in [5.41, 5.74) is -0.498. The lowest BCUT2D eigenvalue weighted by molar-refractivity contribution is 0.0625. The van der Waals surface area contributed by atoms with Gasteiger partial charge in [-0.3, -0.25) is 14.2 Å². The summed E-state index contributed by atoms with van der Waals surface area (Å²) < 4.78 is 23.7. The highest BCUT2D eigenvalue weighted by molar-refractivity contribution is 7.16. The number of hydrogen-bond donors (Lipinski definition) is 0. The van der Waals surface area contributed by atoms with E-state index >= 15 is 0 Å². The van der Waals surface area contributed by atoms with Gasteiger partial charge in [-0.1, -0.05) is 18.3 Å². The minimum atomic E-state index is -0.751. The SMILES string of the molecule is CCc1cc(=O)n(-c2cc3c(cc2F)sc(=O)n3C(C)OC)c(=O)n1C. The molecule has 3 aromatic rings. The second kappa shape index (κ2) is 6.65. The number of ether oxygens (including phenoxy) is 1. The van der Waals surface area contributed by atoms with Crippen LogP contribution < -0.4 is 16.1 Å². The van der Waals surface area contributed by atoms with Gasteiger partial charge in [0.1, 0.15) is 12.0 Å². The van der Waals surface area contributed by atoms with Gasteiger partial charge in [-0.25, -0.2) is 13.8 Å². The molecule has 2 aromatic heterocycles. The Kier molecular flexibility index (Phi) is 4.68. The average Bonchev–Trinajstić information content (AvgIpc) is 2.92. The van der Waals surface area contributed by atoms with E-state index in [-0.39, 0.29) is 10.6 Å². The second-order valence-electron chi connectivity index (χ2n) is 5.85. The standard InChI is InChI=1S/C17H18FN3O4S/c1-5-10-6-15(22)21(16(23)19(10)3)12-8-13-14(7-11(12)18)26-17(24)20(13)9(2)25-4/h6-9H,5H2,1-4H3. The van der Waals surface area contributed by atoms with E-state index in [1.165, 1.54) is 35.4 Å². The third-order valence-corrected chi connectivity index (χ3v) is 5.33. The maximum Gasteiger partial charge on any atom is 0.335 e. The number of benzene rings is 1. The summed E-state index contributed by atoms with van der Waals surface area (Å²) in [7, 11) is 2.98. The molecule has 0 amide bonds. The predicted octanol–water partition coefficient (Wildman–Crippen LogP) is 1.78. The van der Waals surface area contributed by atoms with Crippen molar-refractivity contribution in [3.05, 3.63) is 60.2 Å². The van der Waals surface area contributed by atoms with E-state index < -0.39 is 23.3 Å². The van der Waals surface area contributed by atoms with E-state index in [4.69, 9.17) is 4.74 Å². The van der Waals surface area contributed by atoms with Crippen molar-refractivity contribution in [1.82, 2.24) is 13.7 Å². The molecular weight excluding hydrogens is 361 g/mol. The molecule has 7 nitrogen and oxygen atoms in total. The predicted molar refractivity (Wildman–Crippen MR) is 98.0 cm³/mol. The fourth-order valence-electron chi connectivity index (χ4n) is 2.90. The molecule has 0 N–H and O–H groups in total. The lowest BCUT2D eigenvalue weighted by atomic mass is 10.2. The molecule has 3 rings (SSSR count). The first-order valence-electron chi connectivity index (χ1n) is 7.99. The molecule has 138 valence electrons. The Morgan fingerprint density at radius 1 is 1.23 bits per heavy atom. The van der Waals surface area contributed by atoms with E-state index in [0.29, 0.717) is 22.3 Å². The van der Waals surface area contributed by atoms with Gasteiger partial charge in [0.15, 0.2) is 0 Å². The van der Waals surface area contributed by atoms with E-state index in [9.17, 15) is 18.8 Å². The summed E-state index contributed by atoms with van der Waals surface area (Å²) in [5, 5.41) is 0. The largest absolute Gasteiger partial charge is 0.361 e. The summed E-state index contributed by atoms with van der Waals surface area (Å²) in [4.78, 5) is 36.9. The van der Waals surface area contributed by atoms with Crippen LogP contribution in [0.1, 0.15) is 25.8 Å². The van der Waals surface area contributed by atoms with Crippen molar-refractivity contribution >= 4 is 21.6 Å². The minimum Gasteiger partial charge on any atom is -0.361 e. The summed E-state index contributed by atoms with van der Waals surface area (Å²) >= 11 is 0.875. The highest BCUT2D eigenvalue weighted by atomic mass is 32.1. The second-order valence-corrected chi connectivity index (χ2v) is 6.84. The molecule has 0 aliphatic carbocycles. The quantitative estimate of drug-likeness (QED) is 0.693. The van der Waals surface area contributed by atoms with E-state index in [0.717, 1.165) is 22.0 Å². The molecule has 26 heavy (non-hydrogen) atoms. The molecule has 0 radical (unpaired) electrons. The number of methoxy groups -OCH3 is 1. The molecule has 0 aliphatic heterocycles. The lowest BCUT2D eigenvalue weighted by Gasteiger charge is -2.14. The summed E-state index contributed by atoms with van der Waals surface area (Å²) in [5.74, 6) is -0.751. The van der Waals surface area contributed by atoms with Crippen LogP contribution in [-0.4, -0.2) is 20.8 Å². The van der Waals surface area contributed by atoms with Crippen LogP contribution in [0.25, 0.3) is 15.9 Å². The van der Waals surface area contributed by atoms with Crippen molar-refractivity contribution in [1.29, 1.82) is 0 Å². The fourth-order valence-corrected chi connectivity index (χ4v) is 3.85. The Balaban J connectivity index is 2.39. The number of aryl methyl sites for hydroxylation is 1. The molecule has 0 bridgehead atoms. The van der Waals surface area contributed by atoms with Crippen LogP contribution in [0.3, 0.4) is 0 Å². The van der Waals surface area contributed by atoms with Crippen molar-refractivity contribution in [3.8, 4) is 5.69 Å². The Hall–Kier alpha value is -2.52. The molecular formula is C17H18FN3O4S. The number of thiazole rings is 1. The number of aromatic nitrogens is 3. The van der Waals surface area contributed by atoms with Gasteiger partial charge in [0.2, 0.25) is 0 Å². The van der Waals surface area contributed by atoms with E-state index in [1.807, 2.05) is 6.92 Å². The maximum atomic E-state index is 14.7. The maximum absolute atomic E-state index is 14.7. The Labute approximate surface area is 151 Å². The zero-order valence-electron chi connectivity index (χ0n) is 14.8. The first-order chi connectivity index (χ1) is 12.3. The van der Waals surface area contributed by atoms with Crippen LogP contribution in [0.2, 0.25) is 0 Å². The molecule has 0 saturated carbocycles. The lowest BCUT2D eigenvalue weighted by Crippen LogP contribution is -2.39. The zero-order valence-corrected chi connectivity index (χ0v) is 15.6. The molecule has 1 unspecified atom stereocenters. The monoisotopic (exact) mass is 379 g/mol. The average molecular weight is 379 g/mol. The molecule has 0 fully saturated rings. The van der Waals surface area contributed by atoms with Crippen molar-refractivity contribution in [2.24, 2.45) is 7.05 Å². The minimum absolute atomic E-state index is 0.194. The van der Waals surface area contributed by atoms with Gasteiger partial charge >= 0.3 is 10.6 Å². The topological polar surface area (TPSA) is 75.2 Å². The van der Waals surface area contributed by atoms with Gasteiger partial charge in [0.05, 0.1) is 15.9 Å². The summed E-state index contributed by atoms with van der Waals surface area (Å²) in [6, 6.07) is 3.81. The highest BCUT2D eigenvalue weighted by Gasteiger charge is 2.19. The third-order valence-electron chi connectivity index (χ3n) is 4.41. The number of fused-ring (bicyclic) bond motifs is 1. The van der Waals surface area contributed by atoms with Crippen LogP contribution in [0.5, 0.6) is 0 Å². The van der Waals surface area contributed by atoms with E-state index in [2.05, 4.69) is 0 Å². The molecule has 1 atom stereocenters. The number of halogens is 1. The van der Waals surface area contributed by atoms with Crippen molar-refractivity contribution in [2.45, 2.75) is 26.5 Å². The third kappa shape index (κ3) is 2.73. The van der Waals surface area contributed by atoms with Crippen LogP contribution in [0, 0.1) is 5.82 Å². The van der Waals surface area contributed by atoms with Gasteiger partial charge in [-0.15, -0.1) is 0 Å². The van der Waals surface area contributed by atoms with Gasteiger partial charge in [0, 0.05) is 25.9 Å². The van der Waals surface area contributed by atoms with Crippen molar-refractivity contribution in [2.75, 3.05) is 7.11 Å². The van der Waals surface area contributed by atoms with E-state index in [1.54, 1.807) is 6.92 Å². The number of nitrogens with zero attached hydrogens (tertiary/aromatic N) is 3. The fraction of sp³-hybridized carbons (Fsp3) is 0.353. The normalized spacial score (nSPS) is 12.7.